The van der Waals surface area contributed by atoms with E-state index in [1.807, 2.05) is 20.8 Å². The molecular weight excluding hydrogens is 296 g/mol. The van der Waals surface area contributed by atoms with Crippen LogP contribution in [0.25, 0.3) is 0 Å². The van der Waals surface area contributed by atoms with Gasteiger partial charge in [-0.15, -0.1) is 23.7 Å². The monoisotopic (exact) mass is 314 g/mol. The highest BCUT2D eigenvalue weighted by Gasteiger charge is 2.28. The lowest BCUT2D eigenvalue weighted by Crippen LogP contribution is -2.31. The number of terminal acetylenes is 1. The minimum atomic E-state index is -3.31. The first-order valence-electron chi connectivity index (χ1n) is 5.98. The van der Waals surface area contributed by atoms with Gasteiger partial charge in [0.25, 0.3) is 0 Å². The maximum atomic E-state index is 12.0. The maximum absolute atomic E-state index is 12.0. The topological polar surface area (TPSA) is 60.4 Å². The van der Waals surface area contributed by atoms with Crippen LogP contribution in [0.15, 0.2) is 16.3 Å². The van der Waals surface area contributed by atoms with Gasteiger partial charge >= 0.3 is 5.97 Å². The van der Waals surface area contributed by atoms with Crippen molar-refractivity contribution in [2.75, 3.05) is 6.26 Å². The molecule has 1 heterocycles. The van der Waals surface area contributed by atoms with E-state index in [1.54, 1.807) is 0 Å². The molecule has 0 aliphatic heterocycles. The number of hydrogen-bond donors (Lipinski definition) is 0. The van der Waals surface area contributed by atoms with Crippen LogP contribution >= 0.6 is 11.3 Å². The van der Waals surface area contributed by atoms with Gasteiger partial charge < -0.3 is 4.74 Å². The van der Waals surface area contributed by atoms with Crippen LogP contribution < -0.4 is 0 Å². The molecule has 0 saturated carbocycles. The Labute approximate surface area is 124 Å². The largest absolute Gasteiger partial charge is 0.457 e. The predicted octanol–water partition coefficient (Wildman–Crippen LogP) is 2.75. The molecular formula is C14H18O4S2. The molecule has 4 nitrogen and oxygen atoms in total. The van der Waals surface area contributed by atoms with Gasteiger partial charge in [0.2, 0.25) is 0 Å². The van der Waals surface area contributed by atoms with E-state index in [-0.39, 0.29) is 15.2 Å². The number of thiophene rings is 1. The number of esters is 1. The van der Waals surface area contributed by atoms with Crippen LogP contribution in [-0.4, -0.2) is 26.7 Å². The highest BCUT2D eigenvalue weighted by molar-refractivity contribution is 7.90. The first kappa shape index (κ1) is 16.7. The van der Waals surface area contributed by atoms with Crippen molar-refractivity contribution in [3.8, 4) is 12.3 Å². The predicted molar refractivity (Wildman–Crippen MR) is 79.5 cm³/mol. The fourth-order valence-corrected chi connectivity index (χ4v) is 3.34. The van der Waals surface area contributed by atoms with Crippen LogP contribution in [0, 0.1) is 17.8 Å². The Hall–Kier alpha value is -1.32. The second-order valence-corrected chi connectivity index (χ2v) is 8.51. The van der Waals surface area contributed by atoms with Gasteiger partial charge in [0.1, 0.15) is 11.0 Å². The Morgan fingerprint density at radius 3 is 2.50 bits per heavy atom. The van der Waals surface area contributed by atoms with E-state index in [4.69, 9.17) is 11.2 Å². The number of ether oxygens (including phenoxy) is 1. The fraction of sp³-hybridized carbons (Fsp3) is 0.500. The van der Waals surface area contributed by atoms with E-state index < -0.39 is 21.9 Å². The quantitative estimate of drug-likeness (QED) is 0.633. The first-order valence-corrected chi connectivity index (χ1v) is 8.76. The number of carbonyl (C=O) groups is 1. The third-order valence-corrected chi connectivity index (χ3v) is 4.87. The second-order valence-electron chi connectivity index (χ2n) is 5.59. The minimum Gasteiger partial charge on any atom is -0.457 e. The van der Waals surface area contributed by atoms with Crippen molar-refractivity contribution in [1.82, 2.24) is 0 Å². The van der Waals surface area contributed by atoms with Crippen LogP contribution in [-0.2, 0) is 14.6 Å². The molecule has 0 spiro atoms. The third-order valence-electron chi connectivity index (χ3n) is 2.72. The van der Waals surface area contributed by atoms with E-state index >= 15 is 0 Å². The molecule has 0 fully saturated rings. The zero-order valence-electron chi connectivity index (χ0n) is 12.0. The molecule has 0 N–H and O–H groups in total. The Morgan fingerprint density at radius 2 is 2.10 bits per heavy atom. The van der Waals surface area contributed by atoms with E-state index in [1.165, 1.54) is 11.4 Å². The van der Waals surface area contributed by atoms with E-state index in [0.717, 1.165) is 17.6 Å². The molecule has 0 saturated heterocycles. The van der Waals surface area contributed by atoms with Gasteiger partial charge in [-0.25, -0.2) is 13.2 Å². The molecule has 1 rings (SSSR count). The summed E-state index contributed by atoms with van der Waals surface area (Å²) in [6.45, 7) is 5.79. The Bertz CT molecular complexity index is 627. The molecule has 0 radical (unpaired) electrons. The third kappa shape index (κ3) is 4.36. The summed E-state index contributed by atoms with van der Waals surface area (Å²) in [5, 5.41) is 1.43. The van der Waals surface area contributed by atoms with Gasteiger partial charge in [-0.3, -0.25) is 0 Å². The summed E-state index contributed by atoms with van der Waals surface area (Å²) in [5.41, 5.74) is -0.279. The normalized spacial score (nSPS) is 13.6. The summed E-state index contributed by atoms with van der Waals surface area (Å²) in [4.78, 5) is 12.4. The second kappa shape index (κ2) is 5.98. The van der Waals surface area contributed by atoms with Crippen LogP contribution in [0.5, 0.6) is 0 Å². The zero-order valence-corrected chi connectivity index (χ0v) is 13.6. The Balaban J connectivity index is 2.91. The van der Waals surface area contributed by atoms with Crippen molar-refractivity contribution in [1.29, 1.82) is 0 Å². The number of rotatable bonds is 4. The standard InChI is InChI=1S/C14H18O4S2/c1-6-7-12(14(2,3)4)18-13(15)11-8-10(9-19-11)20(5,16)17/h1,8-9,12H,7H2,2-5H3/t12-/m0/s1. The molecule has 110 valence electrons. The number of carbonyl (C=O) groups excluding carboxylic acids is 1. The maximum Gasteiger partial charge on any atom is 0.348 e. The Kier molecular flexibility index (Phi) is 5.00. The van der Waals surface area contributed by atoms with Crippen molar-refractivity contribution in [3.63, 3.8) is 0 Å². The molecule has 0 unspecified atom stereocenters. The lowest BCUT2D eigenvalue weighted by atomic mass is 9.87. The summed E-state index contributed by atoms with van der Waals surface area (Å²) in [6, 6.07) is 1.33. The molecule has 0 aliphatic carbocycles. The zero-order chi connectivity index (χ0) is 15.6. The van der Waals surface area contributed by atoms with Crippen molar-refractivity contribution < 1.29 is 17.9 Å². The van der Waals surface area contributed by atoms with Gasteiger partial charge in [0, 0.05) is 18.1 Å². The lowest BCUT2D eigenvalue weighted by molar-refractivity contribution is -0.0000472. The van der Waals surface area contributed by atoms with Gasteiger partial charge in [-0.1, -0.05) is 20.8 Å². The molecule has 0 aromatic carbocycles. The SMILES string of the molecule is C#CC[C@H](OC(=O)c1cc(S(C)(=O)=O)cs1)C(C)(C)C. The molecule has 20 heavy (non-hydrogen) atoms. The van der Waals surface area contributed by atoms with Crippen molar-refractivity contribution in [2.45, 2.75) is 38.2 Å². The van der Waals surface area contributed by atoms with Crippen molar-refractivity contribution in [3.05, 3.63) is 16.3 Å². The van der Waals surface area contributed by atoms with Crippen molar-refractivity contribution in [2.24, 2.45) is 5.41 Å². The van der Waals surface area contributed by atoms with Gasteiger partial charge in [-0.2, -0.15) is 0 Å². The molecule has 1 aromatic rings. The molecule has 0 amide bonds. The summed E-state index contributed by atoms with van der Waals surface area (Å²) < 4.78 is 28.2. The van der Waals surface area contributed by atoms with E-state index in [9.17, 15) is 13.2 Å². The summed E-state index contributed by atoms with van der Waals surface area (Å²) in [6.07, 6.45) is 6.29. The number of sulfone groups is 1. The van der Waals surface area contributed by atoms with Crippen molar-refractivity contribution >= 4 is 27.1 Å². The summed E-state index contributed by atoms with van der Waals surface area (Å²) in [5.74, 6) is 1.95. The summed E-state index contributed by atoms with van der Waals surface area (Å²) >= 11 is 1.05. The average molecular weight is 314 g/mol. The molecule has 6 heteroatoms. The van der Waals surface area contributed by atoms with E-state index in [2.05, 4.69) is 5.92 Å². The Morgan fingerprint density at radius 1 is 1.50 bits per heavy atom. The molecule has 0 bridgehead atoms. The van der Waals surface area contributed by atoms with Crippen LogP contribution in [0.4, 0.5) is 0 Å². The van der Waals surface area contributed by atoms with Crippen LogP contribution in [0.2, 0.25) is 0 Å². The van der Waals surface area contributed by atoms with Crippen LogP contribution in [0.3, 0.4) is 0 Å². The van der Waals surface area contributed by atoms with Gasteiger partial charge in [0.15, 0.2) is 9.84 Å². The highest BCUT2D eigenvalue weighted by atomic mass is 32.2. The highest BCUT2D eigenvalue weighted by Crippen LogP contribution is 2.27. The van der Waals surface area contributed by atoms with Gasteiger partial charge in [-0.05, 0) is 11.5 Å². The van der Waals surface area contributed by atoms with Gasteiger partial charge in [0.05, 0.1) is 4.90 Å². The van der Waals surface area contributed by atoms with Crippen LogP contribution in [0.1, 0.15) is 36.9 Å². The fourth-order valence-electron chi connectivity index (χ4n) is 1.44. The average Bonchev–Trinajstić information content (AvgIpc) is 2.75. The first-order chi connectivity index (χ1) is 9.05. The lowest BCUT2D eigenvalue weighted by Gasteiger charge is -2.28. The molecule has 1 atom stereocenters. The minimum absolute atomic E-state index is 0.124. The smallest absolute Gasteiger partial charge is 0.348 e. The summed E-state index contributed by atoms with van der Waals surface area (Å²) in [7, 11) is -3.31. The van der Waals surface area contributed by atoms with E-state index in [0.29, 0.717) is 6.42 Å². The molecule has 1 aromatic heterocycles. The molecule has 0 aliphatic rings. The number of hydrogen-bond acceptors (Lipinski definition) is 5.